The van der Waals surface area contributed by atoms with Crippen LogP contribution in [0.2, 0.25) is 10.0 Å². The second-order valence-corrected chi connectivity index (χ2v) is 8.32. The van der Waals surface area contributed by atoms with Crippen molar-refractivity contribution in [2.45, 2.75) is 13.3 Å². The van der Waals surface area contributed by atoms with Gasteiger partial charge < -0.3 is 5.32 Å². The van der Waals surface area contributed by atoms with E-state index < -0.39 is 17.5 Å². The molecule has 168 valence electrons. The molecule has 3 aromatic rings. The second kappa shape index (κ2) is 9.13. The van der Waals surface area contributed by atoms with Crippen LogP contribution < -0.4 is 10.9 Å². The molecule has 1 fully saturated rings. The van der Waals surface area contributed by atoms with E-state index in [1.54, 1.807) is 30.3 Å². The summed E-state index contributed by atoms with van der Waals surface area (Å²) in [5.41, 5.74) is 2.22. The summed E-state index contributed by atoms with van der Waals surface area (Å²) in [5.74, 6) is -0.516. The largest absolute Gasteiger partial charge is 0.329 e. The molecule has 0 spiro atoms. The molecule has 0 saturated carbocycles. The predicted molar refractivity (Wildman–Crippen MR) is 130 cm³/mol. The molecule has 0 atom stereocenters. The Labute approximate surface area is 199 Å². The highest BCUT2D eigenvalue weighted by Crippen LogP contribution is 2.32. The van der Waals surface area contributed by atoms with Crippen molar-refractivity contribution < 1.29 is 9.59 Å². The third-order valence-electron chi connectivity index (χ3n) is 5.29. The number of aromatic nitrogens is 2. The number of nitrogens with zero attached hydrogens (tertiary/aromatic N) is 2. The Kier molecular flexibility index (Phi) is 6.26. The zero-order valence-corrected chi connectivity index (χ0v) is 19.2. The van der Waals surface area contributed by atoms with Gasteiger partial charge in [-0.1, -0.05) is 47.5 Å². The van der Waals surface area contributed by atoms with Gasteiger partial charge in [0, 0.05) is 17.1 Å². The van der Waals surface area contributed by atoms with Gasteiger partial charge in [0.05, 0.1) is 22.0 Å². The first kappa shape index (κ1) is 22.6. The van der Waals surface area contributed by atoms with Gasteiger partial charge in [-0.15, -0.1) is 6.58 Å². The molecular formula is C24H20Cl2N4O3. The minimum atomic E-state index is -0.547. The van der Waals surface area contributed by atoms with Crippen molar-refractivity contribution >= 4 is 41.2 Å². The highest BCUT2D eigenvalue weighted by molar-refractivity contribution is 6.36. The molecule has 1 aliphatic rings. The van der Waals surface area contributed by atoms with E-state index in [4.69, 9.17) is 23.2 Å². The highest BCUT2D eigenvalue weighted by Gasteiger charge is 2.33. The predicted octanol–water partition coefficient (Wildman–Crippen LogP) is 4.92. The number of aromatic amines is 1. The van der Waals surface area contributed by atoms with Gasteiger partial charge in [-0.05, 0) is 49.2 Å². The maximum atomic E-state index is 13.5. The fourth-order valence-corrected chi connectivity index (χ4v) is 4.11. The van der Waals surface area contributed by atoms with Crippen molar-refractivity contribution in [3.8, 4) is 16.9 Å². The summed E-state index contributed by atoms with van der Waals surface area (Å²) < 4.78 is 1.39. The number of rotatable bonds is 6. The Hall–Kier alpha value is -3.55. The van der Waals surface area contributed by atoms with E-state index in [0.29, 0.717) is 33.4 Å². The number of aryl methyl sites for hydroxylation is 1. The normalized spacial score (nSPS) is 14.8. The smallest absolute Gasteiger partial charge is 0.303 e. The SMILES string of the molecule is C=CCCN1C(=O)N/C(=C\c2c(-c3ccc(Cl)cc3Cl)[nH]n(-c3ccccc3C)c2=O)C1=O. The van der Waals surface area contributed by atoms with E-state index in [1.165, 1.54) is 10.8 Å². The molecule has 7 nitrogen and oxygen atoms in total. The third kappa shape index (κ3) is 4.25. The molecule has 2 heterocycles. The van der Waals surface area contributed by atoms with Crippen molar-refractivity contribution in [1.82, 2.24) is 20.0 Å². The van der Waals surface area contributed by atoms with Gasteiger partial charge >= 0.3 is 6.03 Å². The van der Waals surface area contributed by atoms with E-state index in [-0.39, 0.29) is 17.8 Å². The molecule has 1 aliphatic heterocycles. The molecule has 0 radical (unpaired) electrons. The molecule has 2 N–H and O–H groups in total. The summed E-state index contributed by atoms with van der Waals surface area (Å²) in [5, 5.41) is 6.43. The quantitative estimate of drug-likeness (QED) is 0.297. The fourth-order valence-electron chi connectivity index (χ4n) is 3.60. The van der Waals surface area contributed by atoms with Crippen molar-refractivity contribution in [3.05, 3.63) is 92.3 Å². The Morgan fingerprint density at radius 3 is 2.55 bits per heavy atom. The van der Waals surface area contributed by atoms with Crippen LogP contribution in [-0.2, 0) is 4.79 Å². The van der Waals surface area contributed by atoms with Crippen molar-refractivity contribution in [1.29, 1.82) is 0 Å². The number of halogens is 2. The van der Waals surface area contributed by atoms with E-state index in [9.17, 15) is 14.4 Å². The number of nitrogens with one attached hydrogen (secondary N) is 2. The van der Waals surface area contributed by atoms with Gasteiger partial charge in [-0.2, -0.15) is 0 Å². The van der Waals surface area contributed by atoms with Crippen LogP contribution in [0, 0.1) is 6.92 Å². The minimum Gasteiger partial charge on any atom is -0.303 e. The van der Waals surface area contributed by atoms with Crippen LogP contribution in [0.4, 0.5) is 4.79 Å². The molecule has 0 unspecified atom stereocenters. The first-order chi connectivity index (χ1) is 15.8. The standard InChI is InChI=1S/C24H20Cl2N4O3/c1-3-4-11-29-23(32)19(27-24(29)33)13-17-21(16-10-9-15(25)12-18(16)26)28-30(22(17)31)20-8-6-5-7-14(20)2/h3,5-10,12-13,28H,1,4,11H2,2H3,(H,27,33)/b19-13-. The van der Waals surface area contributed by atoms with Crippen LogP contribution in [0.3, 0.4) is 0 Å². The lowest BCUT2D eigenvalue weighted by Crippen LogP contribution is -2.31. The number of imide groups is 1. The van der Waals surface area contributed by atoms with Crippen LogP contribution in [0.5, 0.6) is 0 Å². The fraction of sp³-hybridized carbons (Fsp3) is 0.125. The van der Waals surface area contributed by atoms with Gasteiger partial charge in [0.1, 0.15) is 5.70 Å². The molecular weight excluding hydrogens is 463 g/mol. The number of carbonyl (C=O) groups is 2. The van der Waals surface area contributed by atoms with Crippen molar-refractivity contribution in [2.24, 2.45) is 0 Å². The summed E-state index contributed by atoms with van der Waals surface area (Å²) in [4.78, 5) is 39.7. The van der Waals surface area contributed by atoms with Crippen LogP contribution in [-0.4, -0.2) is 33.2 Å². The Bertz CT molecular complexity index is 1370. The lowest BCUT2D eigenvalue weighted by atomic mass is 10.1. The van der Waals surface area contributed by atoms with Crippen LogP contribution in [0.25, 0.3) is 23.0 Å². The first-order valence-electron chi connectivity index (χ1n) is 10.1. The molecule has 33 heavy (non-hydrogen) atoms. The van der Waals surface area contributed by atoms with Crippen LogP contribution in [0.1, 0.15) is 17.5 Å². The van der Waals surface area contributed by atoms with Gasteiger partial charge in [0.25, 0.3) is 11.5 Å². The van der Waals surface area contributed by atoms with Crippen LogP contribution in [0.15, 0.2) is 65.6 Å². The molecule has 2 aromatic carbocycles. The van der Waals surface area contributed by atoms with Crippen LogP contribution >= 0.6 is 23.2 Å². The highest BCUT2D eigenvalue weighted by atomic mass is 35.5. The third-order valence-corrected chi connectivity index (χ3v) is 5.84. The molecule has 0 bridgehead atoms. The maximum Gasteiger partial charge on any atom is 0.329 e. The average Bonchev–Trinajstić information content (AvgIpc) is 3.23. The Balaban J connectivity index is 1.90. The number of hydrogen-bond acceptors (Lipinski definition) is 3. The molecule has 9 heteroatoms. The molecule has 0 aliphatic carbocycles. The van der Waals surface area contributed by atoms with E-state index in [1.807, 2.05) is 25.1 Å². The summed E-state index contributed by atoms with van der Waals surface area (Å²) in [6.45, 7) is 5.69. The van der Waals surface area contributed by atoms with Gasteiger partial charge in [-0.25, -0.2) is 9.48 Å². The van der Waals surface area contributed by atoms with Crippen molar-refractivity contribution in [2.75, 3.05) is 6.54 Å². The number of para-hydroxylation sites is 1. The molecule has 1 saturated heterocycles. The summed E-state index contributed by atoms with van der Waals surface area (Å²) in [6.07, 6.45) is 3.46. The van der Waals surface area contributed by atoms with Gasteiger partial charge in [0.2, 0.25) is 0 Å². The van der Waals surface area contributed by atoms with Crippen molar-refractivity contribution in [3.63, 3.8) is 0 Å². The lowest BCUT2D eigenvalue weighted by Gasteiger charge is -2.09. The zero-order valence-electron chi connectivity index (χ0n) is 17.7. The Morgan fingerprint density at radius 2 is 1.85 bits per heavy atom. The summed E-state index contributed by atoms with van der Waals surface area (Å²) >= 11 is 12.5. The molecule has 4 rings (SSSR count). The monoisotopic (exact) mass is 482 g/mol. The number of benzene rings is 2. The van der Waals surface area contributed by atoms with E-state index in [2.05, 4.69) is 17.0 Å². The molecule has 1 aromatic heterocycles. The minimum absolute atomic E-state index is 0.00318. The Morgan fingerprint density at radius 1 is 1.09 bits per heavy atom. The average molecular weight is 483 g/mol. The zero-order chi connectivity index (χ0) is 23.7. The van der Waals surface area contributed by atoms with E-state index in [0.717, 1.165) is 10.5 Å². The number of carbonyl (C=O) groups excluding carboxylic acids is 2. The number of hydrogen-bond donors (Lipinski definition) is 2. The number of amides is 3. The summed E-state index contributed by atoms with van der Waals surface area (Å²) in [6, 6.07) is 11.7. The number of H-pyrrole nitrogens is 1. The number of urea groups is 1. The second-order valence-electron chi connectivity index (χ2n) is 7.47. The first-order valence-corrected chi connectivity index (χ1v) is 10.9. The molecule has 3 amide bonds. The van der Waals surface area contributed by atoms with Gasteiger partial charge in [0.15, 0.2) is 0 Å². The van der Waals surface area contributed by atoms with Gasteiger partial charge in [-0.3, -0.25) is 19.6 Å². The maximum absolute atomic E-state index is 13.5. The van der Waals surface area contributed by atoms with E-state index >= 15 is 0 Å². The topological polar surface area (TPSA) is 87.2 Å². The summed E-state index contributed by atoms with van der Waals surface area (Å²) in [7, 11) is 0. The lowest BCUT2D eigenvalue weighted by molar-refractivity contribution is -0.122.